The van der Waals surface area contributed by atoms with Crippen molar-refractivity contribution in [2.24, 2.45) is 11.8 Å². The standard InChI is InChI=1S/C17H27NO2S/c1-13(2)10-15-4-6-17(7-5-15)14(3)18-11-16-8-9-21(19,20)12-16/h4-7,13-14,16,18H,8-12H2,1-3H3. The number of nitrogens with one attached hydrogen (secondary N) is 1. The first kappa shape index (κ1) is 16.5. The van der Waals surface area contributed by atoms with Gasteiger partial charge in [0.2, 0.25) is 0 Å². The van der Waals surface area contributed by atoms with Gasteiger partial charge in [-0.15, -0.1) is 0 Å². The highest BCUT2D eigenvalue weighted by atomic mass is 32.2. The molecule has 0 spiro atoms. The van der Waals surface area contributed by atoms with Crippen LogP contribution in [-0.4, -0.2) is 26.5 Å². The van der Waals surface area contributed by atoms with Gasteiger partial charge in [0.15, 0.2) is 9.84 Å². The molecule has 0 aromatic heterocycles. The van der Waals surface area contributed by atoms with Crippen LogP contribution in [0, 0.1) is 11.8 Å². The van der Waals surface area contributed by atoms with E-state index < -0.39 is 9.84 Å². The minimum atomic E-state index is -2.77. The summed E-state index contributed by atoms with van der Waals surface area (Å²) in [6.45, 7) is 7.39. The van der Waals surface area contributed by atoms with Crippen molar-refractivity contribution in [3.63, 3.8) is 0 Å². The zero-order chi connectivity index (χ0) is 15.5. The molecule has 1 N–H and O–H groups in total. The number of hydrogen-bond donors (Lipinski definition) is 1. The van der Waals surface area contributed by atoms with E-state index in [9.17, 15) is 8.42 Å². The van der Waals surface area contributed by atoms with Crippen molar-refractivity contribution < 1.29 is 8.42 Å². The molecule has 118 valence electrons. The van der Waals surface area contributed by atoms with E-state index in [0.717, 1.165) is 19.4 Å². The molecule has 1 heterocycles. The fourth-order valence-electron chi connectivity index (χ4n) is 2.91. The molecule has 0 amide bonds. The fourth-order valence-corrected chi connectivity index (χ4v) is 4.77. The monoisotopic (exact) mass is 309 g/mol. The maximum atomic E-state index is 11.5. The van der Waals surface area contributed by atoms with E-state index in [0.29, 0.717) is 17.4 Å². The predicted molar refractivity (Wildman–Crippen MR) is 88.2 cm³/mol. The van der Waals surface area contributed by atoms with E-state index >= 15 is 0 Å². The summed E-state index contributed by atoms with van der Waals surface area (Å²) in [4.78, 5) is 0. The number of hydrogen-bond acceptors (Lipinski definition) is 3. The van der Waals surface area contributed by atoms with Crippen molar-refractivity contribution in [3.8, 4) is 0 Å². The van der Waals surface area contributed by atoms with E-state index in [-0.39, 0.29) is 12.0 Å². The van der Waals surface area contributed by atoms with Crippen molar-refractivity contribution in [3.05, 3.63) is 35.4 Å². The van der Waals surface area contributed by atoms with Crippen LogP contribution in [0.5, 0.6) is 0 Å². The molecule has 1 aromatic carbocycles. The summed E-state index contributed by atoms with van der Waals surface area (Å²) >= 11 is 0. The average Bonchev–Trinajstić information content (AvgIpc) is 2.76. The fraction of sp³-hybridized carbons (Fsp3) is 0.647. The highest BCUT2D eigenvalue weighted by Gasteiger charge is 2.27. The lowest BCUT2D eigenvalue weighted by atomic mass is 9.99. The molecule has 0 aliphatic carbocycles. The Hall–Kier alpha value is -0.870. The van der Waals surface area contributed by atoms with Crippen molar-refractivity contribution in [2.45, 2.75) is 39.7 Å². The van der Waals surface area contributed by atoms with Gasteiger partial charge in [0.05, 0.1) is 11.5 Å². The molecular weight excluding hydrogens is 282 g/mol. The maximum absolute atomic E-state index is 11.5. The molecule has 21 heavy (non-hydrogen) atoms. The Morgan fingerprint density at radius 2 is 1.86 bits per heavy atom. The van der Waals surface area contributed by atoms with E-state index in [1.807, 2.05) is 0 Å². The van der Waals surface area contributed by atoms with Crippen LogP contribution in [0.15, 0.2) is 24.3 Å². The summed E-state index contributed by atoms with van der Waals surface area (Å²) in [5, 5.41) is 3.47. The van der Waals surface area contributed by atoms with Crippen molar-refractivity contribution in [2.75, 3.05) is 18.1 Å². The second kappa shape index (κ2) is 6.93. The zero-order valence-electron chi connectivity index (χ0n) is 13.3. The van der Waals surface area contributed by atoms with Gasteiger partial charge >= 0.3 is 0 Å². The highest BCUT2D eigenvalue weighted by Crippen LogP contribution is 2.20. The summed E-state index contributed by atoms with van der Waals surface area (Å²) < 4.78 is 22.9. The van der Waals surface area contributed by atoms with Gasteiger partial charge in [-0.05, 0) is 49.3 Å². The Morgan fingerprint density at radius 3 is 2.38 bits per heavy atom. The van der Waals surface area contributed by atoms with Crippen LogP contribution in [0.25, 0.3) is 0 Å². The topological polar surface area (TPSA) is 46.2 Å². The largest absolute Gasteiger partial charge is 0.310 e. The molecule has 0 bridgehead atoms. The molecule has 2 rings (SSSR count). The minimum absolute atomic E-state index is 0.265. The summed E-state index contributed by atoms with van der Waals surface area (Å²) in [6, 6.07) is 9.03. The lowest BCUT2D eigenvalue weighted by Crippen LogP contribution is -2.26. The van der Waals surface area contributed by atoms with E-state index in [4.69, 9.17) is 0 Å². The van der Waals surface area contributed by atoms with Gasteiger partial charge in [0.1, 0.15) is 0 Å². The van der Waals surface area contributed by atoms with E-state index in [1.54, 1.807) is 0 Å². The van der Waals surface area contributed by atoms with Crippen LogP contribution in [0.1, 0.15) is 44.4 Å². The zero-order valence-corrected chi connectivity index (χ0v) is 14.1. The van der Waals surface area contributed by atoms with Crippen molar-refractivity contribution >= 4 is 9.84 Å². The van der Waals surface area contributed by atoms with Crippen LogP contribution in [0.3, 0.4) is 0 Å². The Bertz CT molecular complexity index is 549. The van der Waals surface area contributed by atoms with Gasteiger partial charge in [-0.1, -0.05) is 38.1 Å². The van der Waals surface area contributed by atoms with Crippen LogP contribution >= 0.6 is 0 Å². The molecule has 2 atom stereocenters. The van der Waals surface area contributed by atoms with Gasteiger partial charge in [0, 0.05) is 6.04 Å². The van der Waals surface area contributed by atoms with Crippen LogP contribution < -0.4 is 5.32 Å². The molecule has 4 heteroatoms. The average molecular weight is 309 g/mol. The second-order valence-corrected chi connectivity index (χ2v) is 8.97. The van der Waals surface area contributed by atoms with Gasteiger partial charge < -0.3 is 5.32 Å². The molecule has 1 aromatic rings. The molecule has 0 saturated carbocycles. The maximum Gasteiger partial charge on any atom is 0.150 e. The normalized spacial score (nSPS) is 22.6. The van der Waals surface area contributed by atoms with E-state index in [2.05, 4.69) is 50.4 Å². The Morgan fingerprint density at radius 1 is 1.19 bits per heavy atom. The Balaban J connectivity index is 1.84. The van der Waals surface area contributed by atoms with Crippen LogP contribution in [0.2, 0.25) is 0 Å². The molecule has 1 saturated heterocycles. The van der Waals surface area contributed by atoms with Crippen molar-refractivity contribution in [1.82, 2.24) is 5.32 Å². The molecule has 2 unspecified atom stereocenters. The third-order valence-electron chi connectivity index (χ3n) is 4.16. The molecule has 1 fully saturated rings. The molecule has 3 nitrogen and oxygen atoms in total. The summed E-state index contributed by atoms with van der Waals surface area (Å²) in [7, 11) is -2.77. The van der Waals surface area contributed by atoms with Gasteiger partial charge in [-0.3, -0.25) is 0 Å². The first-order valence-electron chi connectivity index (χ1n) is 7.88. The Labute approximate surface area is 129 Å². The Kier molecular flexibility index (Phi) is 5.44. The van der Waals surface area contributed by atoms with E-state index in [1.165, 1.54) is 11.1 Å². The first-order chi connectivity index (χ1) is 9.85. The smallest absolute Gasteiger partial charge is 0.150 e. The molecule has 1 aliphatic rings. The first-order valence-corrected chi connectivity index (χ1v) is 9.70. The van der Waals surface area contributed by atoms with Crippen molar-refractivity contribution in [1.29, 1.82) is 0 Å². The SMILES string of the molecule is CC(C)Cc1ccc(C(C)NCC2CCS(=O)(=O)C2)cc1. The number of benzene rings is 1. The quantitative estimate of drug-likeness (QED) is 0.879. The summed E-state index contributed by atoms with van der Waals surface area (Å²) in [6.07, 6.45) is 1.91. The number of sulfone groups is 1. The predicted octanol–water partition coefficient (Wildman–Crippen LogP) is 2.97. The van der Waals surface area contributed by atoms with Crippen LogP contribution in [-0.2, 0) is 16.3 Å². The third-order valence-corrected chi connectivity index (χ3v) is 6.00. The van der Waals surface area contributed by atoms with Crippen LogP contribution in [0.4, 0.5) is 0 Å². The highest BCUT2D eigenvalue weighted by molar-refractivity contribution is 7.91. The summed E-state index contributed by atoms with van der Waals surface area (Å²) in [5.74, 6) is 1.66. The van der Waals surface area contributed by atoms with Gasteiger partial charge in [0.25, 0.3) is 0 Å². The van der Waals surface area contributed by atoms with Gasteiger partial charge in [-0.2, -0.15) is 0 Å². The minimum Gasteiger partial charge on any atom is -0.310 e. The second-order valence-electron chi connectivity index (χ2n) is 6.74. The lowest BCUT2D eigenvalue weighted by molar-refractivity contribution is 0.476. The lowest BCUT2D eigenvalue weighted by Gasteiger charge is -2.17. The van der Waals surface area contributed by atoms with Gasteiger partial charge in [-0.25, -0.2) is 8.42 Å². The molecule has 1 aliphatic heterocycles. The number of rotatable bonds is 6. The summed E-state index contributed by atoms with van der Waals surface area (Å²) in [5.41, 5.74) is 2.64. The molecule has 0 radical (unpaired) electrons. The molecular formula is C17H27NO2S. The third kappa shape index (κ3) is 5.11.